The van der Waals surface area contributed by atoms with E-state index in [2.05, 4.69) is 35.6 Å². The number of benzene rings is 1. The van der Waals surface area contributed by atoms with E-state index < -0.39 is 6.17 Å². The third-order valence-electron chi connectivity index (χ3n) is 5.97. The van der Waals surface area contributed by atoms with Gasteiger partial charge in [0.25, 0.3) is 0 Å². The number of alkyl halides is 1. The zero-order chi connectivity index (χ0) is 20.5. The van der Waals surface area contributed by atoms with E-state index in [-0.39, 0.29) is 36.6 Å². The van der Waals surface area contributed by atoms with Crippen LogP contribution in [-0.2, 0) is 0 Å². The summed E-state index contributed by atoms with van der Waals surface area (Å²) < 4.78 is 13.4. The Labute approximate surface area is 197 Å². The molecule has 1 aliphatic heterocycles. The minimum Gasteiger partial charge on any atom is -0.507 e. The summed E-state index contributed by atoms with van der Waals surface area (Å²) in [5.74, 6) is 0.693. The molecule has 0 bridgehead atoms. The highest BCUT2D eigenvalue weighted by atomic mass is 35.5. The van der Waals surface area contributed by atoms with Gasteiger partial charge in [0.15, 0.2) is 0 Å². The molecule has 172 valence electrons. The van der Waals surface area contributed by atoms with Crippen molar-refractivity contribution >= 4 is 30.8 Å². The number of hydrogen-bond donors (Lipinski definition) is 3. The van der Waals surface area contributed by atoms with E-state index in [1.165, 1.54) is 0 Å². The Morgan fingerprint density at radius 3 is 2.59 bits per heavy atom. The lowest BCUT2D eigenvalue weighted by Crippen LogP contribution is -2.39. The molecule has 11 heteroatoms. The predicted molar refractivity (Wildman–Crippen MR) is 125 cm³/mol. The van der Waals surface area contributed by atoms with Crippen molar-refractivity contribution in [2.45, 2.75) is 43.9 Å². The Morgan fingerprint density at radius 2 is 1.94 bits per heavy atom. The number of H-pyrrole nitrogens is 1. The second-order valence-electron chi connectivity index (χ2n) is 8.07. The van der Waals surface area contributed by atoms with Crippen LogP contribution in [0.5, 0.6) is 5.75 Å². The third-order valence-corrected chi connectivity index (χ3v) is 5.97. The molecule has 3 N–H and O–H groups in total. The summed E-state index contributed by atoms with van der Waals surface area (Å²) >= 11 is 0. The number of aromatic amines is 1. The largest absolute Gasteiger partial charge is 0.507 e. The molecule has 0 radical (unpaired) electrons. The summed E-state index contributed by atoms with van der Waals surface area (Å²) in [6.45, 7) is 1.63. The van der Waals surface area contributed by atoms with Crippen LogP contribution in [0.4, 0.5) is 10.3 Å². The number of halogens is 3. The zero-order valence-corrected chi connectivity index (χ0v) is 18.9. The van der Waals surface area contributed by atoms with Crippen molar-refractivity contribution in [2.75, 3.05) is 18.0 Å². The smallest absolute Gasteiger partial charge is 0.245 e. The van der Waals surface area contributed by atoms with Crippen LogP contribution in [0.2, 0.25) is 0 Å². The number of anilines is 1. The molecule has 1 saturated carbocycles. The van der Waals surface area contributed by atoms with E-state index in [0.717, 1.165) is 37.1 Å². The van der Waals surface area contributed by atoms with Crippen LogP contribution in [-0.4, -0.2) is 61.8 Å². The van der Waals surface area contributed by atoms with E-state index in [4.69, 9.17) is 0 Å². The maximum atomic E-state index is 13.4. The van der Waals surface area contributed by atoms with Gasteiger partial charge in [-0.1, -0.05) is 6.07 Å². The second kappa shape index (κ2) is 10.4. The van der Waals surface area contributed by atoms with Gasteiger partial charge in [0.05, 0.1) is 12.4 Å². The number of phenolic OH excluding ortho intramolecular Hbond substituents is 1. The molecule has 0 amide bonds. The average molecular weight is 482 g/mol. The second-order valence-corrected chi connectivity index (χ2v) is 8.07. The van der Waals surface area contributed by atoms with E-state index in [1.54, 1.807) is 30.7 Å². The van der Waals surface area contributed by atoms with Gasteiger partial charge in [0.1, 0.15) is 17.6 Å². The van der Waals surface area contributed by atoms with Crippen LogP contribution in [0.3, 0.4) is 0 Å². The maximum absolute atomic E-state index is 13.4. The highest BCUT2D eigenvalue weighted by Gasteiger charge is 2.30. The fraction of sp³-hybridized carbons (Fsp3) is 0.429. The number of aromatic nitrogens is 5. The van der Waals surface area contributed by atoms with Crippen LogP contribution < -0.4 is 10.2 Å². The molecule has 8 nitrogen and oxygen atoms in total. The van der Waals surface area contributed by atoms with Crippen molar-refractivity contribution in [3.8, 4) is 28.1 Å². The first-order chi connectivity index (χ1) is 14.7. The summed E-state index contributed by atoms with van der Waals surface area (Å²) in [4.78, 5) is 6.56. The molecule has 2 fully saturated rings. The minimum absolute atomic E-state index is 0. The molecule has 1 saturated heterocycles. The van der Waals surface area contributed by atoms with Gasteiger partial charge in [-0.05, 0) is 43.4 Å². The first-order valence-electron chi connectivity index (χ1n) is 10.3. The summed E-state index contributed by atoms with van der Waals surface area (Å²) in [5.41, 5.74) is 2.85. The fourth-order valence-corrected chi connectivity index (χ4v) is 4.36. The number of phenols is 1. The van der Waals surface area contributed by atoms with Crippen LogP contribution in [0, 0.1) is 0 Å². The average Bonchev–Trinajstić information content (AvgIpc) is 3.51. The number of aromatic hydroxyl groups is 1. The van der Waals surface area contributed by atoms with E-state index in [9.17, 15) is 9.50 Å². The lowest BCUT2D eigenvalue weighted by atomic mass is 10.0. The standard InChI is InChI=1S/C21H24FN7O.2ClH/c22-15-2-3-16(8-15)26-17-5-6-29(12-17)21-23-11-19(27-28-21)18-4-1-13(7-20(18)30)14-9-24-25-10-14;;/h1,4,7,9-11,15-17,26,30H,2-3,5-6,8,12H2,(H,24,25);2*1H. The molecule has 1 aromatic carbocycles. The van der Waals surface area contributed by atoms with Gasteiger partial charge in [-0.15, -0.1) is 35.0 Å². The minimum atomic E-state index is -0.662. The molecule has 3 unspecified atom stereocenters. The van der Waals surface area contributed by atoms with Gasteiger partial charge >= 0.3 is 0 Å². The summed E-state index contributed by atoms with van der Waals surface area (Å²) in [6, 6.07) is 5.98. The summed E-state index contributed by atoms with van der Waals surface area (Å²) in [6.07, 6.45) is 7.62. The lowest BCUT2D eigenvalue weighted by molar-refractivity contribution is 0.329. The predicted octanol–water partition coefficient (Wildman–Crippen LogP) is 3.54. The van der Waals surface area contributed by atoms with Gasteiger partial charge in [0.2, 0.25) is 5.95 Å². The Kier molecular flexibility index (Phi) is 7.86. The van der Waals surface area contributed by atoms with Crippen molar-refractivity contribution in [2.24, 2.45) is 0 Å². The highest BCUT2D eigenvalue weighted by Crippen LogP contribution is 2.32. The highest BCUT2D eigenvalue weighted by molar-refractivity contribution is 5.85. The molecule has 3 atom stereocenters. The van der Waals surface area contributed by atoms with E-state index in [1.807, 2.05) is 6.07 Å². The Balaban J connectivity index is 0.00000144. The fourth-order valence-electron chi connectivity index (χ4n) is 4.36. The van der Waals surface area contributed by atoms with Crippen LogP contribution in [0.15, 0.2) is 36.8 Å². The zero-order valence-electron chi connectivity index (χ0n) is 17.3. The first-order valence-corrected chi connectivity index (χ1v) is 10.3. The summed E-state index contributed by atoms with van der Waals surface area (Å²) in [5, 5.41) is 29.3. The van der Waals surface area contributed by atoms with Gasteiger partial charge in [0, 0.05) is 42.5 Å². The lowest BCUT2D eigenvalue weighted by Gasteiger charge is -2.19. The quantitative estimate of drug-likeness (QED) is 0.511. The molecule has 2 aliphatic rings. The van der Waals surface area contributed by atoms with Gasteiger partial charge in [-0.2, -0.15) is 5.10 Å². The third kappa shape index (κ3) is 5.11. The topological polar surface area (TPSA) is 103 Å². The molecule has 3 heterocycles. The number of nitrogens with one attached hydrogen (secondary N) is 2. The van der Waals surface area contributed by atoms with Gasteiger partial charge in [-0.3, -0.25) is 5.10 Å². The Hall–Kier alpha value is -2.49. The first kappa shape index (κ1) is 24.2. The van der Waals surface area contributed by atoms with Crippen LogP contribution >= 0.6 is 24.8 Å². The van der Waals surface area contributed by atoms with Crippen molar-refractivity contribution in [3.05, 3.63) is 36.8 Å². The molecule has 1 aliphatic carbocycles. The molecule has 32 heavy (non-hydrogen) atoms. The van der Waals surface area contributed by atoms with Crippen molar-refractivity contribution in [1.82, 2.24) is 30.7 Å². The number of hydrogen-bond acceptors (Lipinski definition) is 7. The van der Waals surface area contributed by atoms with E-state index >= 15 is 0 Å². The monoisotopic (exact) mass is 481 g/mol. The normalized spacial score (nSPS) is 22.4. The van der Waals surface area contributed by atoms with Gasteiger partial charge in [-0.25, -0.2) is 9.37 Å². The molecule has 3 aromatic rings. The SMILES string of the molecule is Cl.Cl.Oc1cc(-c2cn[nH]c2)ccc1-c1cnc(N2CCC(NC3CCC(F)C3)C2)nn1. The van der Waals surface area contributed by atoms with Gasteiger partial charge < -0.3 is 15.3 Å². The van der Waals surface area contributed by atoms with Crippen molar-refractivity contribution in [3.63, 3.8) is 0 Å². The van der Waals surface area contributed by atoms with E-state index in [0.29, 0.717) is 36.1 Å². The van der Waals surface area contributed by atoms with Crippen molar-refractivity contribution in [1.29, 1.82) is 0 Å². The van der Waals surface area contributed by atoms with Crippen LogP contribution in [0.25, 0.3) is 22.4 Å². The summed E-state index contributed by atoms with van der Waals surface area (Å²) in [7, 11) is 0. The Morgan fingerprint density at radius 1 is 1.06 bits per heavy atom. The molecule has 2 aromatic heterocycles. The number of rotatable bonds is 5. The van der Waals surface area contributed by atoms with Crippen molar-refractivity contribution < 1.29 is 9.50 Å². The Bertz CT molecular complexity index is 1010. The molecule has 5 rings (SSSR count). The van der Waals surface area contributed by atoms with Crippen LogP contribution in [0.1, 0.15) is 25.7 Å². The molecular weight excluding hydrogens is 456 g/mol. The molecule has 0 spiro atoms. The molecular formula is C21H26Cl2FN7O. The maximum Gasteiger partial charge on any atom is 0.245 e. The number of nitrogens with zero attached hydrogens (tertiary/aromatic N) is 5.